The number of nitrogens with two attached hydrogens (primary N) is 2. The average molecular weight is 424 g/mol. The summed E-state index contributed by atoms with van der Waals surface area (Å²) in [5, 5.41) is 17.8. The Labute approximate surface area is 172 Å². The molecule has 0 amide bonds. The maximum Gasteiger partial charge on any atom is 2.00 e. The first-order valence-corrected chi connectivity index (χ1v) is 8.04. The Morgan fingerprint density at radius 1 is 0.704 bits per heavy atom. The molecule has 0 aliphatic carbocycles. The smallest absolute Gasteiger partial charge is 0.550 e. The van der Waals surface area contributed by atoms with E-state index < -0.39 is 11.9 Å². The minimum absolute atomic E-state index is 0. The number of benzene rings is 2. The van der Waals surface area contributed by atoms with Crippen LogP contribution in [0.4, 0.5) is 0 Å². The fraction of sp³-hybridized carbons (Fsp3) is 0.300. The van der Waals surface area contributed by atoms with Gasteiger partial charge in [0.05, 0.1) is 0 Å². The van der Waals surface area contributed by atoms with Crippen LogP contribution in [0, 0.1) is 0 Å². The fourth-order valence-electron chi connectivity index (χ4n) is 1.51. The average Bonchev–Trinajstić information content (AvgIpc) is 2.56. The van der Waals surface area contributed by atoms with E-state index >= 15 is 0 Å². The third kappa shape index (κ3) is 23.8. The molecule has 0 aromatic heterocycles. The van der Waals surface area contributed by atoms with Crippen LogP contribution in [0.5, 0.6) is 0 Å². The summed E-state index contributed by atoms with van der Waals surface area (Å²) in [7, 11) is 0. The van der Waals surface area contributed by atoms with E-state index in [1.807, 2.05) is 74.5 Å². The van der Waals surface area contributed by atoms with Crippen LogP contribution in [0.15, 0.2) is 60.7 Å². The van der Waals surface area contributed by atoms with Crippen LogP contribution >= 0.6 is 0 Å². The normalized spacial score (nSPS) is 10.6. The number of carboxylic acids is 2. The summed E-state index contributed by atoms with van der Waals surface area (Å²) in [6.07, 6.45) is 0. The van der Waals surface area contributed by atoms with Crippen molar-refractivity contribution in [3.05, 3.63) is 71.8 Å². The SMILES string of the molecule is CC(=O)[O-].CC(=O)[O-].C[C@H](N)c1ccccc1.C[C@H](N)c1ccccc1.[Cu+2]. The molecule has 1 radical (unpaired) electrons. The number of hydrogen-bond acceptors (Lipinski definition) is 6. The molecule has 0 aliphatic rings. The first-order valence-electron chi connectivity index (χ1n) is 8.04. The molecule has 6 nitrogen and oxygen atoms in total. The quantitative estimate of drug-likeness (QED) is 0.690. The van der Waals surface area contributed by atoms with Gasteiger partial charge >= 0.3 is 17.1 Å². The maximum atomic E-state index is 8.89. The molecular weight excluding hydrogens is 396 g/mol. The maximum absolute atomic E-state index is 8.89. The monoisotopic (exact) mass is 423 g/mol. The molecule has 153 valence electrons. The van der Waals surface area contributed by atoms with Crippen LogP contribution in [-0.2, 0) is 26.7 Å². The van der Waals surface area contributed by atoms with Crippen molar-refractivity contribution < 1.29 is 36.9 Å². The summed E-state index contributed by atoms with van der Waals surface area (Å²) in [6.45, 7) is 5.91. The third-order valence-electron chi connectivity index (χ3n) is 2.65. The predicted octanol–water partition coefficient (Wildman–Crippen LogP) is 0.923. The molecule has 4 N–H and O–H groups in total. The van der Waals surface area contributed by atoms with Crippen molar-refractivity contribution in [3.8, 4) is 0 Å². The Balaban J connectivity index is -0.000000303. The molecule has 7 heteroatoms. The zero-order chi connectivity index (χ0) is 20.5. The zero-order valence-corrected chi connectivity index (χ0v) is 17.0. The van der Waals surface area contributed by atoms with E-state index in [2.05, 4.69) is 0 Å². The topological polar surface area (TPSA) is 132 Å². The Morgan fingerprint density at radius 3 is 1.00 bits per heavy atom. The van der Waals surface area contributed by atoms with Gasteiger partial charge in [0.2, 0.25) is 0 Å². The van der Waals surface area contributed by atoms with Crippen LogP contribution in [0.25, 0.3) is 0 Å². The van der Waals surface area contributed by atoms with Gasteiger partial charge in [-0.15, -0.1) is 0 Å². The second-order valence-corrected chi connectivity index (χ2v) is 5.38. The third-order valence-corrected chi connectivity index (χ3v) is 2.65. The minimum atomic E-state index is -1.08. The van der Waals surface area contributed by atoms with Gasteiger partial charge in [0.1, 0.15) is 0 Å². The second-order valence-electron chi connectivity index (χ2n) is 5.38. The van der Waals surface area contributed by atoms with Gasteiger partial charge in [0, 0.05) is 24.0 Å². The minimum Gasteiger partial charge on any atom is -0.550 e. The van der Waals surface area contributed by atoms with E-state index in [0.29, 0.717) is 0 Å². The van der Waals surface area contributed by atoms with Crippen LogP contribution in [0.2, 0.25) is 0 Å². The Bertz CT molecular complexity index is 542. The fourth-order valence-corrected chi connectivity index (χ4v) is 1.51. The number of carboxylic acid groups (broad SMARTS) is 2. The molecule has 0 heterocycles. The molecule has 0 fully saturated rings. The van der Waals surface area contributed by atoms with Gasteiger partial charge in [-0.05, 0) is 38.8 Å². The van der Waals surface area contributed by atoms with Crippen molar-refractivity contribution in [1.82, 2.24) is 0 Å². The van der Waals surface area contributed by atoms with Crippen LogP contribution < -0.4 is 21.7 Å². The Kier molecular flexibility index (Phi) is 20.4. The van der Waals surface area contributed by atoms with E-state index in [1.54, 1.807) is 0 Å². The summed E-state index contributed by atoms with van der Waals surface area (Å²) in [4.78, 5) is 17.8. The van der Waals surface area contributed by atoms with Gasteiger partial charge in [-0.1, -0.05) is 60.7 Å². The number of aliphatic carboxylic acids is 2. The van der Waals surface area contributed by atoms with E-state index in [1.165, 1.54) is 11.1 Å². The molecule has 0 unspecified atom stereocenters. The van der Waals surface area contributed by atoms with Crippen molar-refractivity contribution in [1.29, 1.82) is 0 Å². The molecule has 2 rings (SSSR count). The van der Waals surface area contributed by atoms with Crippen molar-refractivity contribution in [2.24, 2.45) is 11.5 Å². The van der Waals surface area contributed by atoms with Gasteiger partial charge in [-0.2, -0.15) is 0 Å². The van der Waals surface area contributed by atoms with Crippen LogP contribution in [0.3, 0.4) is 0 Å². The predicted molar refractivity (Wildman–Crippen MR) is 99.5 cm³/mol. The summed E-state index contributed by atoms with van der Waals surface area (Å²) < 4.78 is 0. The van der Waals surface area contributed by atoms with Gasteiger partial charge < -0.3 is 31.3 Å². The van der Waals surface area contributed by atoms with Gasteiger partial charge in [0.25, 0.3) is 0 Å². The molecule has 2 aromatic rings. The molecule has 0 bridgehead atoms. The standard InChI is InChI=1S/2C8H11N.2C2H4O2.Cu/c2*1-7(9)8-5-3-2-4-6-8;2*1-2(3)4;/h2*2-7H,9H2,1H3;2*1H3,(H,3,4);/q;;;;+2/p-2/t2*7-;;;/m00.../s1. The molecule has 27 heavy (non-hydrogen) atoms. The molecular formula is C20H28CuN2O4. The molecule has 0 aliphatic heterocycles. The number of hydrogen-bond donors (Lipinski definition) is 2. The van der Waals surface area contributed by atoms with Crippen molar-refractivity contribution in [2.75, 3.05) is 0 Å². The zero-order valence-electron chi connectivity index (χ0n) is 16.0. The second kappa shape index (κ2) is 18.6. The molecule has 0 saturated heterocycles. The van der Waals surface area contributed by atoms with E-state index in [-0.39, 0.29) is 29.2 Å². The summed E-state index contributed by atoms with van der Waals surface area (Å²) in [6, 6.07) is 20.4. The number of carbonyl (C=O) groups is 2. The molecule has 2 aromatic carbocycles. The van der Waals surface area contributed by atoms with E-state index in [9.17, 15) is 0 Å². The van der Waals surface area contributed by atoms with Crippen molar-refractivity contribution >= 4 is 11.9 Å². The molecule has 2 atom stereocenters. The van der Waals surface area contributed by atoms with Crippen LogP contribution in [-0.4, -0.2) is 11.9 Å². The summed E-state index contributed by atoms with van der Waals surface area (Å²) in [5.41, 5.74) is 13.6. The molecule has 0 saturated carbocycles. The van der Waals surface area contributed by atoms with Crippen LogP contribution in [0.1, 0.15) is 50.9 Å². The van der Waals surface area contributed by atoms with Crippen molar-refractivity contribution in [3.63, 3.8) is 0 Å². The largest absolute Gasteiger partial charge is 2.00 e. The summed E-state index contributed by atoms with van der Waals surface area (Å²) >= 11 is 0. The summed E-state index contributed by atoms with van der Waals surface area (Å²) in [5.74, 6) is -2.17. The van der Waals surface area contributed by atoms with Gasteiger partial charge in [-0.25, -0.2) is 0 Å². The van der Waals surface area contributed by atoms with E-state index in [0.717, 1.165) is 13.8 Å². The van der Waals surface area contributed by atoms with Crippen molar-refractivity contribution in [2.45, 2.75) is 39.8 Å². The first kappa shape index (κ1) is 29.6. The van der Waals surface area contributed by atoms with Gasteiger partial charge in [-0.3, -0.25) is 0 Å². The Hall–Kier alpha value is -2.18. The van der Waals surface area contributed by atoms with Gasteiger partial charge in [0.15, 0.2) is 0 Å². The van der Waals surface area contributed by atoms with E-state index in [4.69, 9.17) is 31.3 Å². The number of rotatable bonds is 2. The number of carbonyl (C=O) groups excluding carboxylic acids is 2. The molecule has 0 spiro atoms. The Morgan fingerprint density at radius 2 is 0.889 bits per heavy atom. The first-order chi connectivity index (χ1) is 12.1.